The summed E-state index contributed by atoms with van der Waals surface area (Å²) >= 11 is 0. The normalized spacial score (nSPS) is 10.7. The van der Waals surface area contributed by atoms with Crippen LogP contribution in [-0.2, 0) is 0 Å². The second-order valence-electron chi connectivity index (χ2n) is 4.39. The van der Waals surface area contributed by atoms with Crippen LogP contribution in [0.4, 0.5) is 0 Å². The molecule has 1 aromatic heterocycles. The van der Waals surface area contributed by atoms with Crippen molar-refractivity contribution in [3.8, 4) is 11.4 Å². The van der Waals surface area contributed by atoms with Crippen molar-refractivity contribution in [2.24, 2.45) is 0 Å². The van der Waals surface area contributed by atoms with E-state index < -0.39 is 5.97 Å². The standard InChI is InChI=1S/C13H15N3O3/c1-8(2)12-11(13(17)18)14-15-16(12)9-4-6-10(19-3)7-5-9/h4-8H,1-3H3,(H,17,18). The molecule has 0 spiro atoms. The molecule has 2 aromatic rings. The number of aromatic nitrogens is 3. The Balaban J connectivity index is 2.52. The van der Waals surface area contributed by atoms with Crippen LogP contribution < -0.4 is 4.74 Å². The first kappa shape index (κ1) is 13.1. The van der Waals surface area contributed by atoms with Crippen molar-refractivity contribution in [2.45, 2.75) is 19.8 Å². The number of hydrogen-bond acceptors (Lipinski definition) is 4. The summed E-state index contributed by atoms with van der Waals surface area (Å²) in [6.07, 6.45) is 0. The Morgan fingerprint density at radius 3 is 2.42 bits per heavy atom. The lowest BCUT2D eigenvalue weighted by Crippen LogP contribution is -2.08. The molecule has 0 aliphatic carbocycles. The molecule has 6 heteroatoms. The fourth-order valence-electron chi connectivity index (χ4n) is 1.87. The smallest absolute Gasteiger partial charge is 0.358 e. The topological polar surface area (TPSA) is 77.2 Å². The van der Waals surface area contributed by atoms with Crippen LogP contribution in [0.5, 0.6) is 5.75 Å². The maximum atomic E-state index is 11.1. The van der Waals surface area contributed by atoms with Gasteiger partial charge in [-0.1, -0.05) is 19.1 Å². The molecule has 6 nitrogen and oxygen atoms in total. The monoisotopic (exact) mass is 261 g/mol. The zero-order chi connectivity index (χ0) is 14.0. The van der Waals surface area contributed by atoms with Gasteiger partial charge < -0.3 is 9.84 Å². The predicted molar refractivity (Wildman–Crippen MR) is 69.0 cm³/mol. The molecule has 1 heterocycles. The van der Waals surface area contributed by atoms with Crippen LogP contribution >= 0.6 is 0 Å². The molecule has 0 aliphatic heterocycles. The number of carboxylic acids is 1. The third kappa shape index (κ3) is 2.42. The largest absolute Gasteiger partial charge is 0.497 e. The minimum atomic E-state index is -1.07. The van der Waals surface area contributed by atoms with Crippen LogP contribution in [0.1, 0.15) is 35.9 Å². The first-order valence-electron chi connectivity index (χ1n) is 5.88. The molecule has 0 saturated heterocycles. The second-order valence-corrected chi connectivity index (χ2v) is 4.39. The molecule has 0 bridgehead atoms. The van der Waals surface area contributed by atoms with Crippen molar-refractivity contribution in [2.75, 3.05) is 7.11 Å². The summed E-state index contributed by atoms with van der Waals surface area (Å²) in [7, 11) is 1.59. The third-order valence-electron chi connectivity index (χ3n) is 2.77. The van der Waals surface area contributed by atoms with Crippen LogP contribution in [0.3, 0.4) is 0 Å². The van der Waals surface area contributed by atoms with E-state index in [0.717, 1.165) is 11.4 Å². The van der Waals surface area contributed by atoms with Gasteiger partial charge in [-0.25, -0.2) is 9.48 Å². The summed E-state index contributed by atoms with van der Waals surface area (Å²) in [5.74, 6) is -0.333. The molecule has 2 rings (SSSR count). The van der Waals surface area contributed by atoms with E-state index in [9.17, 15) is 4.79 Å². The molecule has 0 saturated carbocycles. The van der Waals surface area contributed by atoms with Crippen molar-refractivity contribution < 1.29 is 14.6 Å². The average molecular weight is 261 g/mol. The maximum Gasteiger partial charge on any atom is 0.358 e. The summed E-state index contributed by atoms with van der Waals surface area (Å²) in [5.41, 5.74) is 1.33. The van der Waals surface area contributed by atoms with E-state index in [-0.39, 0.29) is 11.6 Å². The number of nitrogens with zero attached hydrogens (tertiary/aromatic N) is 3. The Labute approximate surface area is 110 Å². The molecule has 1 aromatic carbocycles. The Hall–Kier alpha value is -2.37. The third-order valence-corrected chi connectivity index (χ3v) is 2.77. The van der Waals surface area contributed by atoms with E-state index in [1.165, 1.54) is 0 Å². The fraction of sp³-hybridized carbons (Fsp3) is 0.308. The molecule has 0 unspecified atom stereocenters. The summed E-state index contributed by atoms with van der Waals surface area (Å²) in [6, 6.07) is 7.21. The lowest BCUT2D eigenvalue weighted by molar-refractivity contribution is 0.0688. The maximum absolute atomic E-state index is 11.1. The van der Waals surface area contributed by atoms with Crippen LogP contribution in [-0.4, -0.2) is 33.2 Å². The van der Waals surface area contributed by atoms with Gasteiger partial charge in [0.1, 0.15) is 5.75 Å². The van der Waals surface area contributed by atoms with Crippen molar-refractivity contribution in [3.63, 3.8) is 0 Å². The molecule has 0 atom stereocenters. The molecule has 1 N–H and O–H groups in total. The highest BCUT2D eigenvalue weighted by Gasteiger charge is 2.22. The molecule has 0 aliphatic rings. The number of rotatable bonds is 4. The van der Waals surface area contributed by atoms with Gasteiger partial charge >= 0.3 is 5.97 Å². The highest BCUT2D eigenvalue weighted by molar-refractivity contribution is 5.86. The first-order valence-corrected chi connectivity index (χ1v) is 5.88. The summed E-state index contributed by atoms with van der Waals surface area (Å²) in [6.45, 7) is 3.82. The van der Waals surface area contributed by atoms with Crippen molar-refractivity contribution >= 4 is 5.97 Å². The number of aromatic carboxylic acids is 1. The van der Waals surface area contributed by atoms with Gasteiger partial charge in [-0.3, -0.25) is 0 Å². The van der Waals surface area contributed by atoms with Crippen LogP contribution in [0.25, 0.3) is 5.69 Å². The molecule has 0 radical (unpaired) electrons. The highest BCUT2D eigenvalue weighted by Crippen LogP contribution is 2.22. The van der Waals surface area contributed by atoms with Gasteiger partial charge in [0.2, 0.25) is 0 Å². The average Bonchev–Trinajstić information content (AvgIpc) is 2.83. The van der Waals surface area contributed by atoms with Crippen LogP contribution in [0.2, 0.25) is 0 Å². The number of hydrogen-bond donors (Lipinski definition) is 1. The Kier molecular flexibility index (Phi) is 3.50. The van der Waals surface area contributed by atoms with E-state index in [0.29, 0.717) is 5.69 Å². The quantitative estimate of drug-likeness (QED) is 0.911. The second kappa shape index (κ2) is 5.09. The lowest BCUT2D eigenvalue weighted by atomic mass is 10.1. The minimum Gasteiger partial charge on any atom is -0.497 e. The molecule has 100 valence electrons. The van der Waals surface area contributed by atoms with E-state index in [2.05, 4.69) is 10.3 Å². The molecule has 0 amide bonds. The number of carbonyl (C=O) groups is 1. The van der Waals surface area contributed by atoms with E-state index >= 15 is 0 Å². The van der Waals surface area contributed by atoms with Crippen molar-refractivity contribution in [1.29, 1.82) is 0 Å². The van der Waals surface area contributed by atoms with E-state index in [4.69, 9.17) is 9.84 Å². The molecular formula is C13H15N3O3. The number of methoxy groups -OCH3 is 1. The SMILES string of the molecule is COc1ccc(-n2nnc(C(=O)O)c2C(C)C)cc1. The van der Waals surface area contributed by atoms with Gasteiger partial charge in [0.05, 0.1) is 18.5 Å². The fourth-order valence-corrected chi connectivity index (χ4v) is 1.87. The van der Waals surface area contributed by atoms with Crippen LogP contribution in [0.15, 0.2) is 24.3 Å². The minimum absolute atomic E-state index is 0.00296. The summed E-state index contributed by atoms with van der Waals surface area (Å²) in [5, 5.41) is 16.8. The number of benzene rings is 1. The van der Waals surface area contributed by atoms with Crippen molar-refractivity contribution in [1.82, 2.24) is 15.0 Å². The molecule has 19 heavy (non-hydrogen) atoms. The first-order chi connectivity index (χ1) is 9.04. The lowest BCUT2D eigenvalue weighted by Gasteiger charge is -2.10. The van der Waals surface area contributed by atoms with E-state index in [1.807, 2.05) is 26.0 Å². The van der Waals surface area contributed by atoms with E-state index in [1.54, 1.807) is 23.9 Å². The van der Waals surface area contributed by atoms with Crippen LogP contribution in [0, 0.1) is 0 Å². The van der Waals surface area contributed by atoms with Gasteiger partial charge in [-0.2, -0.15) is 0 Å². The van der Waals surface area contributed by atoms with Crippen molar-refractivity contribution in [3.05, 3.63) is 35.7 Å². The Bertz CT molecular complexity index is 588. The zero-order valence-corrected chi connectivity index (χ0v) is 11.0. The van der Waals surface area contributed by atoms with Gasteiger partial charge in [0.25, 0.3) is 0 Å². The van der Waals surface area contributed by atoms with Gasteiger partial charge in [-0.05, 0) is 30.2 Å². The van der Waals surface area contributed by atoms with Gasteiger partial charge in [0.15, 0.2) is 5.69 Å². The zero-order valence-electron chi connectivity index (χ0n) is 11.0. The number of carboxylic acid groups (broad SMARTS) is 1. The Morgan fingerprint density at radius 2 is 1.95 bits per heavy atom. The number of ether oxygens (including phenoxy) is 1. The summed E-state index contributed by atoms with van der Waals surface area (Å²) in [4.78, 5) is 11.1. The molecular weight excluding hydrogens is 246 g/mol. The predicted octanol–water partition coefficient (Wildman–Crippen LogP) is 2.10. The summed E-state index contributed by atoms with van der Waals surface area (Å²) < 4.78 is 6.64. The van der Waals surface area contributed by atoms with Gasteiger partial charge in [0, 0.05) is 0 Å². The van der Waals surface area contributed by atoms with Gasteiger partial charge in [-0.15, -0.1) is 5.10 Å². The Morgan fingerprint density at radius 1 is 1.32 bits per heavy atom. The highest BCUT2D eigenvalue weighted by atomic mass is 16.5. The molecule has 0 fully saturated rings.